The maximum atomic E-state index is 12.7. The van der Waals surface area contributed by atoms with Crippen LogP contribution in [0.4, 0.5) is 19.0 Å². The molecule has 0 radical (unpaired) electrons. The molecule has 4 N–H and O–H groups in total. The van der Waals surface area contributed by atoms with Crippen molar-refractivity contribution in [3.8, 4) is 0 Å². The number of carbonyl (C=O) groups is 1. The predicted octanol–water partition coefficient (Wildman–Crippen LogP) is 0.839. The summed E-state index contributed by atoms with van der Waals surface area (Å²) in [7, 11) is 0. The first-order chi connectivity index (χ1) is 6.43. The lowest BCUT2D eigenvalue weighted by atomic mass is 10.2. The van der Waals surface area contributed by atoms with Gasteiger partial charge < -0.3 is 11.5 Å². The Morgan fingerprint density at radius 1 is 1.50 bits per heavy atom. The first kappa shape index (κ1) is 10.3. The van der Waals surface area contributed by atoms with Crippen LogP contribution >= 0.6 is 0 Å². The van der Waals surface area contributed by atoms with Crippen molar-refractivity contribution in [2.75, 3.05) is 5.73 Å². The quantitative estimate of drug-likeness (QED) is 0.702. The largest absolute Gasteiger partial charge is 0.383 e. The summed E-state index contributed by atoms with van der Waals surface area (Å²) in [4.78, 5) is 13.6. The summed E-state index contributed by atoms with van der Waals surface area (Å²) in [5.74, 6) is -2.93. The summed E-state index contributed by atoms with van der Waals surface area (Å²) in [6, 6.07) is 0.602. The lowest BCUT2D eigenvalue weighted by molar-refractivity contribution is 0.1000. The van der Waals surface area contributed by atoms with Gasteiger partial charge in [0.05, 0.1) is 11.1 Å². The van der Waals surface area contributed by atoms with Gasteiger partial charge >= 0.3 is 0 Å². The Morgan fingerprint density at radius 2 is 2.07 bits per heavy atom. The van der Waals surface area contributed by atoms with Gasteiger partial charge in [0, 0.05) is 0 Å². The normalized spacial score (nSPS) is 10.6. The molecule has 1 aromatic rings. The topological polar surface area (TPSA) is 82.0 Å². The van der Waals surface area contributed by atoms with E-state index in [1.807, 2.05) is 0 Å². The van der Waals surface area contributed by atoms with E-state index in [2.05, 4.69) is 4.98 Å². The van der Waals surface area contributed by atoms with Crippen molar-refractivity contribution in [2.45, 2.75) is 6.43 Å². The summed E-state index contributed by atoms with van der Waals surface area (Å²) in [5, 5.41) is 0. The van der Waals surface area contributed by atoms with E-state index in [4.69, 9.17) is 11.5 Å². The molecule has 0 bridgehead atoms. The zero-order valence-electron chi connectivity index (χ0n) is 6.80. The number of nitrogens with zero attached hydrogens (tertiary/aromatic N) is 1. The van der Waals surface area contributed by atoms with Gasteiger partial charge in [-0.2, -0.15) is 4.39 Å². The van der Waals surface area contributed by atoms with E-state index in [1.165, 1.54) is 0 Å². The lowest BCUT2D eigenvalue weighted by Gasteiger charge is -2.05. The Kier molecular flexibility index (Phi) is 2.59. The number of carbonyl (C=O) groups excluding carboxylic acids is 1. The van der Waals surface area contributed by atoms with Crippen LogP contribution in [0.5, 0.6) is 0 Å². The Morgan fingerprint density at radius 3 is 2.50 bits per heavy atom. The van der Waals surface area contributed by atoms with Gasteiger partial charge in [-0.05, 0) is 6.07 Å². The molecule has 0 aliphatic carbocycles. The third-order valence-electron chi connectivity index (χ3n) is 1.53. The molecule has 0 aromatic carbocycles. The number of halogens is 3. The molecule has 0 fully saturated rings. The van der Waals surface area contributed by atoms with Crippen molar-refractivity contribution >= 4 is 11.7 Å². The minimum atomic E-state index is -3.07. The lowest BCUT2D eigenvalue weighted by Crippen LogP contribution is -2.16. The van der Waals surface area contributed by atoms with Gasteiger partial charge in [0.25, 0.3) is 12.3 Å². The molecular formula is C7H6F3N3O. The maximum absolute atomic E-state index is 12.7. The number of alkyl halides is 2. The van der Waals surface area contributed by atoms with E-state index < -0.39 is 35.2 Å². The number of hydrogen-bond donors (Lipinski definition) is 2. The number of rotatable bonds is 2. The van der Waals surface area contributed by atoms with Gasteiger partial charge in [-0.3, -0.25) is 4.79 Å². The number of nitrogens with two attached hydrogens (primary N) is 2. The van der Waals surface area contributed by atoms with Crippen molar-refractivity contribution in [1.82, 2.24) is 4.98 Å². The van der Waals surface area contributed by atoms with E-state index in [9.17, 15) is 18.0 Å². The Bertz CT molecular complexity index is 381. The van der Waals surface area contributed by atoms with Crippen LogP contribution in [0.15, 0.2) is 6.07 Å². The highest BCUT2D eigenvalue weighted by Crippen LogP contribution is 2.23. The second kappa shape index (κ2) is 3.52. The Labute approximate surface area is 76.7 Å². The summed E-state index contributed by atoms with van der Waals surface area (Å²) >= 11 is 0. The van der Waals surface area contributed by atoms with Gasteiger partial charge in [-0.25, -0.2) is 13.8 Å². The molecule has 1 amide bonds. The monoisotopic (exact) mass is 205 g/mol. The van der Waals surface area contributed by atoms with Crippen LogP contribution in [-0.4, -0.2) is 10.9 Å². The van der Waals surface area contributed by atoms with Gasteiger partial charge in [0.2, 0.25) is 5.95 Å². The Balaban J connectivity index is 3.34. The minimum Gasteiger partial charge on any atom is -0.383 e. The van der Waals surface area contributed by atoms with Crippen LogP contribution in [0.2, 0.25) is 0 Å². The van der Waals surface area contributed by atoms with Crippen molar-refractivity contribution in [3.63, 3.8) is 0 Å². The van der Waals surface area contributed by atoms with Crippen LogP contribution in [0, 0.1) is 5.95 Å². The fourth-order valence-electron chi connectivity index (χ4n) is 0.870. The number of aromatic nitrogens is 1. The van der Waals surface area contributed by atoms with Gasteiger partial charge in [0.15, 0.2) is 0 Å². The summed E-state index contributed by atoms with van der Waals surface area (Å²) < 4.78 is 37.0. The molecule has 0 saturated heterocycles. The predicted molar refractivity (Wildman–Crippen MR) is 42.1 cm³/mol. The number of pyridine rings is 1. The smallest absolute Gasteiger partial charge is 0.268 e. The molecule has 7 heteroatoms. The number of nitrogen functional groups attached to an aromatic ring is 1. The summed E-state index contributed by atoms with van der Waals surface area (Å²) in [5.41, 5.74) is 8.49. The average Bonchev–Trinajstić information content (AvgIpc) is 2.02. The molecule has 0 aliphatic rings. The van der Waals surface area contributed by atoms with Crippen LogP contribution in [0.1, 0.15) is 22.3 Å². The molecule has 1 heterocycles. The van der Waals surface area contributed by atoms with Crippen molar-refractivity contribution < 1.29 is 18.0 Å². The second-order valence-electron chi connectivity index (χ2n) is 2.47. The molecular weight excluding hydrogens is 199 g/mol. The van der Waals surface area contributed by atoms with E-state index >= 15 is 0 Å². The van der Waals surface area contributed by atoms with E-state index in [1.54, 1.807) is 0 Å². The SMILES string of the molecule is NC(=O)c1cc(C(F)F)c(F)nc1N. The highest BCUT2D eigenvalue weighted by atomic mass is 19.3. The fourth-order valence-corrected chi connectivity index (χ4v) is 0.870. The molecule has 1 rings (SSSR count). The molecule has 1 aromatic heterocycles. The third-order valence-corrected chi connectivity index (χ3v) is 1.53. The van der Waals surface area contributed by atoms with Crippen LogP contribution in [0.25, 0.3) is 0 Å². The van der Waals surface area contributed by atoms with Crippen LogP contribution < -0.4 is 11.5 Å². The molecule has 0 unspecified atom stereocenters. The van der Waals surface area contributed by atoms with E-state index in [0.717, 1.165) is 0 Å². The van der Waals surface area contributed by atoms with Crippen molar-refractivity contribution in [2.24, 2.45) is 5.73 Å². The standard InChI is InChI=1S/C7H6F3N3O/c8-4(9)2-1-3(7(12)14)6(11)13-5(2)10/h1,4H,(H2,11,13)(H2,12,14). The Hall–Kier alpha value is -1.79. The van der Waals surface area contributed by atoms with Crippen LogP contribution in [0.3, 0.4) is 0 Å². The van der Waals surface area contributed by atoms with E-state index in [0.29, 0.717) is 6.07 Å². The summed E-state index contributed by atoms with van der Waals surface area (Å²) in [6.45, 7) is 0. The van der Waals surface area contributed by atoms with Gasteiger partial charge in [-0.1, -0.05) is 0 Å². The average molecular weight is 205 g/mol. The maximum Gasteiger partial charge on any atom is 0.268 e. The molecule has 14 heavy (non-hydrogen) atoms. The van der Waals surface area contributed by atoms with Gasteiger partial charge in [-0.15, -0.1) is 0 Å². The molecule has 0 aliphatic heterocycles. The molecule has 0 spiro atoms. The first-order valence-electron chi connectivity index (χ1n) is 3.47. The fraction of sp³-hybridized carbons (Fsp3) is 0.143. The zero-order chi connectivity index (χ0) is 10.9. The number of amides is 1. The van der Waals surface area contributed by atoms with Crippen LogP contribution in [-0.2, 0) is 0 Å². The summed E-state index contributed by atoms with van der Waals surface area (Å²) in [6.07, 6.45) is -3.07. The highest BCUT2D eigenvalue weighted by molar-refractivity contribution is 5.97. The van der Waals surface area contributed by atoms with Crippen molar-refractivity contribution in [1.29, 1.82) is 0 Å². The van der Waals surface area contributed by atoms with E-state index in [-0.39, 0.29) is 0 Å². The second-order valence-corrected chi connectivity index (χ2v) is 2.47. The third kappa shape index (κ3) is 1.76. The number of anilines is 1. The number of hydrogen-bond acceptors (Lipinski definition) is 3. The molecule has 76 valence electrons. The van der Waals surface area contributed by atoms with Crippen molar-refractivity contribution in [3.05, 3.63) is 23.1 Å². The zero-order valence-corrected chi connectivity index (χ0v) is 6.80. The highest BCUT2D eigenvalue weighted by Gasteiger charge is 2.19. The molecule has 0 atom stereocenters. The minimum absolute atomic E-state index is 0.415. The first-order valence-corrected chi connectivity index (χ1v) is 3.47. The molecule has 4 nitrogen and oxygen atoms in total. The number of primary amides is 1. The van der Waals surface area contributed by atoms with Gasteiger partial charge in [0.1, 0.15) is 5.82 Å². The molecule has 0 saturated carbocycles.